The summed E-state index contributed by atoms with van der Waals surface area (Å²) < 4.78 is 0. The molecule has 3 heteroatoms. The van der Waals surface area contributed by atoms with Gasteiger partial charge in [0.25, 0.3) is 5.97 Å². The molecular weight excluding hydrogens is 168 g/mol. The van der Waals surface area contributed by atoms with Gasteiger partial charge in [-0.15, -0.1) is 0 Å². The number of allylic oxidation sites excluding steroid dienone is 1. The Morgan fingerprint density at radius 2 is 1.77 bits per heavy atom. The molecule has 0 aromatic heterocycles. The lowest BCUT2D eigenvalue weighted by molar-refractivity contribution is -0.134. The van der Waals surface area contributed by atoms with Crippen LogP contribution in [0.4, 0.5) is 0 Å². The molecule has 2 N–H and O–H groups in total. The largest absolute Gasteiger partial charge is 0.481 e. The lowest BCUT2D eigenvalue weighted by atomic mass is 10.2. The summed E-state index contributed by atoms with van der Waals surface area (Å²) in [6.45, 7) is 3.54. The van der Waals surface area contributed by atoms with E-state index in [2.05, 4.69) is 13.0 Å². The molecule has 0 saturated heterocycles. The van der Waals surface area contributed by atoms with Crippen LogP contribution in [0, 0.1) is 0 Å². The van der Waals surface area contributed by atoms with Crippen molar-refractivity contribution in [1.82, 2.24) is 0 Å². The summed E-state index contributed by atoms with van der Waals surface area (Å²) >= 11 is 0. The molecule has 0 saturated carbocycles. The standard InChI is InChI=1S/C8H16O.C2H4O2/c1-2-3-4-5-6-7-8-9;1-2(3)4/h5-6,9H,2-4,7-8H2,1H3;1H3,(H,3,4)/b6-5-;. The Labute approximate surface area is 80.1 Å². The average molecular weight is 188 g/mol. The molecule has 0 unspecified atom stereocenters. The number of hydrogen-bond donors (Lipinski definition) is 2. The normalized spacial score (nSPS) is 9.46. The molecule has 0 fully saturated rings. The number of rotatable bonds is 5. The predicted octanol–water partition coefficient (Wildman–Crippen LogP) is 2.21. The van der Waals surface area contributed by atoms with Gasteiger partial charge in [-0.3, -0.25) is 4.79 Å². The van der Waals surface area contributed by atoms with Crippen molar-refractivity contribution < 1.29 is 15.0 Å². The van der Waals surface area contributed by atoms with Gasteiger partial charge >= 0.3 is 0 Å². The summed E-state index contributed by atoms with van der Waals surface area (Å²) in [4.78, 5) is 9.00. The van der Waals surface area contributed by atoms with Gasteiger partial charge in [0, 0.05) is 13.5 Å². The number of carboxylic acids is 1. The minimum Gasteiger partial charge on any atom is -0.481 e. The van der Waals surface area contributed by atoms with Gasteiger partial charge in [-0.2, -0.15) is 0 Å². The fourth-order valence-corrected chi connectivity index (χ4v) is 0.632. The van der Waals surface area contributed by atoms with E-state index in [9.17, 15) is 0 Å². The van der Waals surface area contributed by atoms with Crippen molar-refractivity contribution >= 4 is 5.97 Å². The van der Waals surface area contributed by atoms with Gasteiger partial charge in [0.15, 0.2) is 0 Å². The Bertz CT molecular complexity index is 126. The molecule has 0 aromatic carbocycles. The molecule has 0 heterocycles. The minimum atomic E-state index is -0.833. The van der Waals surface area contributed by atoms with Crippen molar-refractivity contribution in [3.8, 4) is 0 Å². The van der Waals surface area contributed by atoms with Gasteiger partial charge < -0.3 is 10.2 Å². The van der Waals surface area contributed by atoms with Crippen LogP contribution in [0.25, 0.3) is 0 Å². The maximum absolute atomic E-state index is 9.00. The second kappa shape index (κ2) is 13.7. The molecule has 3 nitrogen and oxygen atoms in total. The second-order valence-corrected chi connectivity index (χ2v) is 2.64. The maximum atomic E-state index is 9.00. The first-order chi connectivity index (χ1) is 6.15. The van der Waals surface area contributed by atoms with Crippen molar-refractivity contribution in [3.63, 3.8) is 0 Å². The van der Waals surface area contributed by atoms with Gasteiger partial charge in [0.05, 0.1) is 0 Å². The highest BCUT2D eigenvalue weighted by Gasteiger charge is 1.76. The third-order valence-corrected chi connectivity index (χ3v) is 1.19. The molecule has 0 radical (unpaired) electrons. The van der Waals surface area contributed by atoms with Crippen LogP contribution in [0.1, 0.15) is 39.5 Å². The van der Waals surface area contributed by atoms with E-state index < -0.39 is 5.97 Å². The van der Waals surface area contributed by atoms with E-state index in [-0.39, 0.29) is 6.61 Å². The Morgan fingerprint density at radius 3 is 2.15 bits per heavy atom. The predicted molar refractivity (Wildman–Crippen MR) is 53.7 cm³/mol. The topological polar surface area (TPSA) is 57.5 Å². The fourth-order valence-electron chi connectivity index (χ4n) is 0.632. The zero-order valence-electron chi connectivity index (χ0n) is 8.49. The molecule has 0 aliphatic carbocycles. The smallest absolute Gasteiger partial charge is 0.300 e. The van der Waals surface area contributed by atoms with E-state index in [1.54, 1.807) is 0 Å². The third-order valence-electron chi connectivity index (χ3n) is 1.19. The molecule has 0 aromatic rings. The number of carbonyl (C=O) groups is 1. The first-order valence-electron chi connectivity index (χ1n) is 4.60. The van der Waals surface area contributed by atoms with Gasteiger partial charge in [-0.05, 0) is 12.8 Å². The number of carboxylic acid groups (broad SMARTS) is 1. The molecule has 0 aliphatic rings. The van der Waals surface area contributed by atoms with Crippen LogP contribution in [0.15, 0.2) is 12.2 Å². The monoisotopic (exact) mass is 188 g/mol. The summed E-state index contributed by atoms with van der Waals surface area (Å²) in [5.74, 6) is -0.833. The average Bonchev–Trinajstić information content (AvgIpc) is 2.03. The summed E-state index contributed by atoms with van der Waals surface area (Å²) in [5, 5.41) is 15.8. The minimum absolute atomic E-state index is 0.280. The number of unbranched alkanes of at least 4 members (excludes halogenated alkanes) is 2. The molecule has 0 rings (SSSR count). The summed E-state index contributed by atoms with van der Waals surface area (Å²) in [6.07, 6.45) is 8.67. The molecule has 0 atom stereocenters. The Balaban J connectivity index is 0. The highest BCUT2D eigenvalue weighted by Crippen LogP contribution is 1.95. The summed E-state index contributed by atoms with van der Waals surface area (Å²) in [5.41, 5.74) is 0. The van der Waals surface area contributed by atoms with Crippen LogP contribution in [0.5, 0.6) is 0 Å². The van der Waals surface area contributed by atoms with Crippen LogP contribution in [0.3, 0.4) is 0 Å². The van der Waals surface area contributed by atoms with Gasteiger partial charge in [-0.25, -0.2) is 0 Å². The number of aliphatic hydroxyl groups excluding tert-OH is 1. The summed E-state index contributed by atoms with van der Waals surface area (Å²) in [6, 6.07) is 0. The lowest BCUT2D eigenvalue weighted by Gasteiger charge is -1.87. The SMILES string of the molecule is CC(=O)O.CCCC/C=C\CCO. The van der Waals surface area contributed by atoms with E-state index in [1.807, 2.05) is 6.08 Å². The van der Waals surface area contributed by atoms with Gasteiger partial charge in [0.1, 0.15) is 0 Å². The molecular formula is C10H20O3. The van der Waals surface area contributed by atoms with Crippen LogP contribution < -0.4 is 0 Å². The van der Waals surface area contributed by atoms with Crippen molar-refractivity contribution in [2.24, 2.45) is 0 Å². The van der Waals surface area contributed by atoms with Crippen LogP contribution in [0.2, 0.25) is 0 Å². The van der Waals surface area contributed by atoms with E-state index in [0.717, 1.165) is 19.8 Å². The highest BCUT2D eigenvalue weighted by atomic mass is 16.4. The van der Waals surface area contributed by atoms with E-state index >= 15 is 0 Å². The van der Waals surface area contributed by atoms with Gasteiger partial charge in [-0.1, -0.05) is 31.9 Å². The number of aliphatic carboxylic acids is 1. The van der Waals surface area contributed by atoms with E-state index in [0.29, 0.717) is 0 Å². The number of hydrogen-bond acceptors (Lipinski definition) is 2. The molecule has 0 aliphatic heterocycles. The maximum Gasteiger partial charge on any atom is 0.300 e. The number of aliphatic hydroxyl groups is 1. The lowest BCUT2D eigenvalue weighted by Crippen LogP contribution is -1.78. The second-order valence-electron chi connectivity index (χ2n) is 2.64. The van der Waals surface area contributed by atoms with Crippen LogP contribution in [-0.4, -0.2) is 22.8 Å². The van der Waals surface area contributed by atoms with Gasteiger partial charge in [0.2, 0.25) is 0 Å². The van der Waals surface area contributed by atoms with E-state index in [4.69, 9.17) is 15.0 Å². The van der Waals surface area contributed by atoms with Crippen LogP contribution >= 0.6 is 0 Å². The first-order valence-corrected chi connectivity index (χ1v) is 4.60. The quantitative estimate of drug-likeness (QED) is 0.513. The van der Waals surface area contributed by atoms with Crippen molar-refractivity contribution in [2.75, 3.05) is 6.61 Å². The van der Waals surface area contributed by atoms with Crippen molar-refractivity contribution in [3.05, 3.63) is 12.2 Å². The molecule has 0 amide bonds. The molecule has 0 bridgehead atoms. The van der Waals surface area contributed by atoms with Crippen molar-refractivity contribution in [1.29, 1.82) is 0 Å². The third kappa shape index (κ3) is 35.1. The Kier molecular flexibility index (Phi) is 15.5. The molecule has 13 heavy (non-hydrogen) atoms. The van der Waals surface area contributed by atoms with Crippen molar-refractivity contribution in [2.45, 2.75) is 39.5 Å². The van der Waals surface area contributed by atoms with Crippen LogP contribution in [-0.2, 0) is 4.79 Å². The molecule has 0 spiro atoms. The zero-order valence-corrected chi connectivity index (χ0v) is 8.49. The highest BCUT2D eigenvalue weighted by molar-refractivity contribution is 5.62. The Morgan fingerprint density at radius 1 is 1.31 bits per heavy atom. The first kappa shape index (κ1) is 14.7. The fraction of sp³-hybridized carbons (Fsp3) is 0.700. The zero-order chi connectivity index (χ0) is 10.5. The molecule has 78 valence electrons. The Hall–Kier alpha value is -0.830. The van der Waals surface area contributed by atoms with E-state index in [1.165, 1.54) is 12.8 Å². The summed E-state index contributed by atoms with van der Waals surface area (Å²) in [7, 11) is 0.